The Hall–Kier alpha value is -3.74. The summed E-state index contributed by atoms with van der Waals surface area (Å²) in [4.78, 5) is 23.0. The van der Waals surface area contributed by atoms with E-state index in [1.807, 2.05) is 12.1 Å². The summed E-state index contributed by atoms with van der Waals surface area (Å²) in [5, 5.41) is 6.89. The van der Waals surface area contributed by atoms with Crippen LogP contribution in [0.4, 0.5) is 34.5 Å². The molecule has 2 aromatic heterocycles. The van der Waals surface area contributed by atoms with E-state index in [4.69, 9.17) is 16.3 Å². The van der Waals surface area contributed by atoms with Gasteiger partial charge in [0.25, 0.3) is 0 Å². The molecule has 0 saturated carbocycles. The maximum absolute atomic E-state index is 12.1. The van der Waals surface area contributed by atoms with E-state index < -0.39 is 11.0 Å². The highest BCUT2D eigenvalue weighted by Gasteiger charge is 2.27. The number of anilines is 6. The molecule has 2 aliphatic heterocycles. The molecule has 6 rings (SSSR count). The van der Waals surface area contributed by atoms with Crippen molar-refractivity contribution in [1.29, 1.82) is 0 Å². The van der Waals surface area contributed by atoms with Gasteiger partial charge in [-0.15, -0.1) is 0 Å². The van der Waals surface area contributed by atoms with Crippen LogP contribution in [0, 0.1) is 6.92 Å². The Bertz CT molecular complexity index is 1640. The van der Waals surface area contributed by atoms with Gasteiger partial charge in [-0.2, -0.15) is 4.98 Å². The second-order valence-electron chi connectivity index (χ2n) is 10.9. The third kappa shape index (κ3) is 6.46. The zero-order valence-corrected chi connectivity index (χ0v) is 26.1. The second-order valence-corrected chi connectivity index (χ2v) is 12.4. The van der Waals surface area contributed by atoms with Gasteiger partial charge in [-0.3, -0.25) is 9.97 Å². The highest BCUT2D eigenvalue weighted by atomic mass is 35.5. The van der Waals surface area contributed by atoms with Crippen LogP contribution in [0.1, 0.15) is 31.2 Å². The molecular weight excluding hydrogens is 586 g/mol. The second kappa shape index (κ2) is 12.9. The third-order valence-electron chi connectivity index (χ3n) is 8.11. The molecule has 4 heterocycles. The first-order chi connectivity index (χ1) is 20.9. The first-order valence-corrected chi connectivity index (χ1v) is 16.4. The molecule has 0 bridgehead atoms. The van der Waals surface area contributed by atoms with Crippen molar-refractivity contribution in [2.24, 2.45) is 0 Å². The summed E-state index contributed by atoms with van der Waals surface area (Å²) < 4.78 is 20.9. The molecule has 11 nitrogen and oxygen atoms in total. The fourth-order valence-corrected chi connectivity index (χ4v) is 6.65. The van der Waals surface area contributed by atoms with E-state index in [1.54, 1.807) is 25.8 Å². The van der Waals surface area contributed by atoms with Crippen molar-refractivity contribution < 1.29 is 8.95 Å². The molecule has 2 aromatic carbocycles. The highest BCUT2D eigenvalue weighted by Crippen LogP contribution is 2.37. The van der Waals surface area contributed by atoms with Crippen molar-refractivity contribution >= 4 is 68.1 Å². The summed E-state index contributed by atoms with van der Waals surface area (Å²) in [5.41, 5.74) is 5.47. The van der Waals surface area contributed by atoms with Gasteiger partial charge in [-0.1, -0.05) is 11.6 Å². The van der Waals surface area contributed by atoms with Gasteiger partial charge in [-0.05, 0) is 69.5 Å². The average Bonchev–Trinajstić information content (AvgIpc) is 3.55. The third-order valence-corrected chi connectivity index (χ3v) is 8.88. The minimum atomic E-state index is -1.35. The molecule has 0 spiro atoms. The Labute approximate surface area is 259 Å². The van der Waals surface area contributed by atoms with Crippen molar-refractivity contribution in [2.75, 3.05) is 59.8 Å². The van der Waals surface area contributed by atoms with Crippen molar-refractivity contribution in [1.82, 2.24) is 24.8 Å². The zero-order chi connectivity index (χ0) is 29.9. The number of benzene rings is 2. The SMILES string of the molecule is COc1cc(N2CCC(N3CCCC3)CC2)c(C)cc1Nc1ncc(Cl)c(Nc2ccc3nccnc3c2NS(C)=O)n1. The number of fused-ring (bicyclic) bond motifs is 1. The number of ether oxygens (including phenoxy) is 1. The van der Waals surface area contributed by atoms with Gasteiger partial charge in [-0.25, -0.2) is 9.19 Å². The minimum absolute atomic E-state index is 0.323. The van der Waals surface area contributed by atoms with Gasteiger partial charge in [0.2, 0.25) is 5.95 Å². The van der Waals surface area contributed by atoms with Crippen molar-refractivity contribution in [3.63, 3.8) is 0 Å². The number of hydrogen-bond acceptors (Lipinski definition) is 10. The first-order valence-electron chi connectivity index (χ1n) is 14.5. The normalized spacial score (nSPS) is 16.8. The number of hydrogen-bond donors (Lipinski definition) is 3. The van der Waals surface area contributed by atoms with Gasteiger partial charge in [0, 0.05) is 49.5 Å². The number of methoxy groups -OCH3 is 1. The number of piperidine rings is 1. The molecule has 3 N–H and O–H groups in total. The monoisotopic (exact) mass is 621 g/mol. The van der Waals surface area contributed by atoms with Crippen LogP contribution in [0.25, 0.3) is 11.0 Å². The van der Waals surface area contributed by atoms with E-state index in [0.717, 1.165) is 24.3 Å². The maximum Gasteiger partial charge on any atom is 0.229 e. The van der Waals surface area contributed by atoms with E-state index in [9.17, 15) is 4.21 Å². The van der Waals surface area contributed by atoms with Gasteiger partial charge in [0.1, 0.15) is 27.3 Å². The van der Waals surface area contributed by atoms with E-state index in [0.29, 0.717) is 51.0 Å². The molecule has 2 aliphatic rings. The summed E-state index contributed by atoms with van der Waals surface area (Å²) in [7, 11) is 0.325. The summed E-state index contributed by atoms with van der Waals surface area (Å²) >= 11 is 6.51. The Morgan fingerprint density at radius 2 is 1.77 bits per heavy atom. The van der Waals surface area contributed by atoms with Crippen LogP contribution in [-0.4, -0.2) is 74.6 Å². The predicted octanol–water partition coefficient (Wildman–Crippen LogP) is 5.65. The topological polar surface area (TPSA) is 120 Å². The van der Waals surface area contributed by atoms with Gasteiger partial charge < -0.3 is 29.9 Å². The molecule has 2 saturated heterocycles. The van der Waals surface area contributed by atoms with Crippen LogP contribution in [0.15, 0.2) is 42.9 Å². The lowest BCUT2D eigenvalue weighted by Crippen LogP contribution is -2.44. The van der Waals surface area contributed by atoms with Crippen LogP contribution >= 0.6 is 11.6 Å². The van der Waals surface area contributed by atoms with Gasteiger partial charge in [0.15, 0.2) is 5.82 Å². The van der Waals surface area contributed by atoms with E-state index in [1.165, 1.54) is 50.7 Å². The summed E-state index contributed by atoms with van der Waals surface area (Å²) in [6.07, 6.45) is 11.3. The fourth-order valence-electron chi connectivity index (χ4n) is 6.01. The van der Waals surface area contributed by atoms with Crippen LogP contribution < -0.4 is 25.0 Å². The molecule has 0 aliphatic carbocycles. The number of rotatable bonds is 9. The largest absolute Gasteiger partial charge is 0.494 e. The Kier molecular flexibility index (Phi) is 8.78. The van der Waals surface area contributed by atoms with E-state index >= 15 is 0 Å². The average molecular weight is 622 g/mol. The molecule has 2 fully saturated rings. The minimum Gasteiger partial charge on any atom is -0.494 e. The number of halogens is 1. The molecule has 0 amide bonds. The van der Waals surface area contributed by atoms with Gasteiger partial charge >= 0.3 is 0 Å². The van der Waals surface area contributed by atoms with E-state index in [2.05, 4.69) is 64.1 Å². The lowest BCUT2D eigenvalue weighted by Gasteiger charge is -2.38. The Morgan fingerprint density at radius 3 is 2.51 bits per heavy atom. The predicted molar refractivity (Wildman–Crippen MR) is 175 cm³/mol. The number of aromatic nitrogens is 4. The van der Waals surface area contributed by atoms with Crippen LogP contribution in [0.5, 0.6) is 5.75 Å². The molecule has 4 aromatic rings. The Balaban J connectivity index is 1.22. The molecule has 13 heteroatoms. The fraction of sp³-hybridized carbons (Fsp3) is 0.400. The molecule has 1 unspecified atom stereocenters. The number of aryl methyl sites for hydroxylation is 1. The van der Waals surface area contributed by atoms with Crippen LogP contribution in [0.3, 0.4) is 0 Å². The molecule has 1 atom stereocenters. The highest BCUT2D eigenvalue weighted by molar-refractivity contribution is 7.85. The quantitative estimate of drug-likeness (QED) is 0.216. The lowest BCUT2D eigenvalue weighted by atomic mass is 10.0. The van der Waals surface area contributed by atoms with Gasteiger partial charge in [0.05, 0.1) is 35.9 Å². The number of likely N-dealkylation sites (tertiary alicyclic amines) is 1. The number of nitrogens with one attached hydrogen (secondary N) is 3. The summed E-state index contributed by atoms with van der Waals surface area (Å²) in [6, 6.07) is 8.52. The van der Waals surface area contributed by atoms with Crippen LogP contribution in [-0.2, 0) is 11.0 Å². The molecule has 226 valence electrons. The van der Waals surface area contributed by atoms with Crippen molar-refractivity contribution in [3.05, 3.63) is 53.4 Å². The van der Waals surface area contributed by atoms with Crippen molar-refractivity contribution in [3.8, 4) is 5.75 Å². The Morgan fingerprint density at radius 1 is 1.00 bits per heavy atom. The standard InChI is InChI=1S/C30H36ClN9O2S/c1-19-16-24(26(42-2)17-25(19)40-14-8-20(9-15-40)39-12-4-5-13-39)36-30-34-18-21(31)29(37-30)35-23-7-6-22-27(33-11-10-32-22)28(23)38-43(3)41/h6-7,10-11,16-18,20,38H,4-5,8-9,12-15H2,1-3H3,(H2,34,35,36,37). The first kappa shape index (κ1) is 29.3. The molecule has 43 heavy (non-hydrogen) atoms. The number of nitrogens with zero attached hydrogens (tertiary/aromatic N) is 6. The molecular formula is C30H36ClN9O2S. The van der Waals surface area contributed by atoms with E-state index in [-0.39, 0.29) is 0 Å². The summed E-state index contributed by atoms with van der Waals surface area (Å²) in [6.45, 7) is 6.69. The maximum atomic E-state index is 12.1. The zero-order valence-electron chi connectivity index (χ0n) is 24.6. The smallest absolute Gasteiger partial charge is 0.229 e. The molecule has 0 radical (unpaired) electrons. The lowest BCUT2D eigenvalue weighted by molar-refractivity contribution is 0.208. The van der Waals surface area contributed by atoms with Crippen molar-refractivity contribution in [2.45, 2.75) is 38.6 Å². The van der Waals surface area contributed by atoms with Crippen LogP contribution in [0.2, 0.25) is 5.02 Å². The summed E-state index contributed by atoms with van der Waals surface area (Å²) in [5.74, 6) is 1.43.